The van der Waals surface area contributed by atoms with E-state index in [0.717, 1.165) is 40.8 Å². The summed E-state index contributed by atoms with van der Waals surface area (Å²) in [5, 5.41) is 0. The number of nitrogens with zero attached hydrogens (tertiary/aromatic N) is 3. The molecule has 0 saturated carbocycles. The number of aromatic nitrogens is 1. The van der Waals surface area contributed by atoms with Gasteiger partial charge < -0.3 is 9.80 Å². The zero-order valence-corrected chi connectivity index (χ0v) is 17.2. The first kappa shape index (κ1) is 18.8. The van der Waals surface area contributed by atoms with Crippen molar-refractivity contribution in [2.24, 2.45) is 0 Å². The average Bonchev–Trinajstić information content (AvgIpc) is 3.16. The molecule has 2 aromatic rings. The standard InChI is InChI=1S/C25H25N3O2/c1-18-9-11-20(12-10-18)25-17-19-6-2-3-8-22(19)24(30)28(25)15-14-27(25)23(29)16-21-7-4-5-13-26-21/h4-13H,2-3,14-17H2,1H3. The molecule has 1 aliphatic carbocycles. The van der Waals surface area contributed by atoms with Crippen molar-refractivity contribution in [1.82, 2.24) is 14.8 Å². The molecule has 3 aliphatic rings. The molecule has 5 heteroatoms. The lowest BCUT2D eigenvalue weighted by atomic mass is 9.79. The molecule has 2 fully saturated rings. The molecule has 1 aromatic carbocycles. The van der Waals surface area contributed by atoms with Crippen molar-refractivity contribution in [3.05, 3.63) is 88.8 Å². The van der Waals surface area contributed by atoms with Crippen LogP contribution < -0.4 is 0 Å². The predicted molar refractivity (Wildman–Crippen MR) is 114 cm³/mol. The highest BCUT2D eigenvalue weighted by molar-refractivity contribution is 6.01. The third-order valence-corrected chi connectivity index (χ3v) is 6.48. The molecular formula is C25H25N3O2. The van der Waals surface area contributed by atoms with E-state index in [1.165, 1.54) is 0 Å². The minimum Gasteiger partial charge on any atom is -0.313 e. The predicted octanol–water partition coefficient (Wildman–Crippen LogP) is 3.51. The Balaban J connectivity index is 1.60. The molecule has 0 bridgehead atoms. The Morgan fingerprint density at radius 3 is 2.63 bits per heavy atom. The first-order valence-electron chi connectivity index (χ1n) is 10.6. The zero-order chi connectivity index (χ0) is 20.7. The van der Waals surface area contributed by atoms with Crippen LogP contribution in [0.15, 0.2) is 72.0 Å². The molecule has 152 valence electrons. The van der Waals surface area contributed by atoms with Crippen LogP contribution in [-0.2, 0) is 21.7 Å². The second kappa shape index (κ2) is 7.24. The van der Waals surface area contributed by atoms with E-state index in [9.17, 15) is 9.59 Å². The van der Waals surface area contributed by atoms with E-state index in [4.69, 9.17) is 0 Å². The van der Waals surface area contributed by atoms with Crippen molar-refractivity contribution >= 4 is 11.8 Å². The number of hydrogen-bond acceptors (Lipinski definition) is 3. The van der Waals surface area contributed by atoms with Crippen LogP contribution in [0.4, 0.5) is 0 Å². The lowest BCUT2D eigenvalue weighted by Gasteiger charge is -2.48. The fourth-order valence-electron chi connectivity index (χ4n) is 5.02. The van der Waals surface area contributed by atoms with Gasteiger partial charge in [-0.2, -0.15) is 0 Å². The van der Waals surface area contributed by atoms with Crippen LogP contribution in [0.2, 0.25) is 0 Å². The van der Waals surface area contributed by atoms with Crippen LogP contribution in [0.5, 0.6) is 0 Å². The lowest BCUT2D eigenvalue weighted by Crippen LogP contribution is -2.58. The van der Waals surface area contributed by atoms with Gasteiger partial charge in [0.2, 0.25) is 5.91 Å². The number of allylic oxidation sites excluding steroid dienone is 2. The van der Waals surface area contributed by atoms with Gasteiger partial charge in [-0.1, -0.05) is 48.0 Å². The molecule has 0 N–H and O–H groups in total. The maximum absolute atomic E-state index is 13.5. The van der Waals surface area contributed by atoms with Crippen LogP contribution in [0, 0.1) is 6.92 Å². The number of amides is 2. The highest BCUT2D eigenvalue weighted by atomic mass is 16.2. The van der Waals surface area contributed by atoms with Gasteiger partial charge in [0.15, 0.2) is 0 Å². The molecule has 2 amide bonds. The second-order valence-electron chi connectivity index (χ2n) is 8.28. The quantitative estimate of drug-likeness (QED) is 0.794. The number of aryl methyl sites for hydroxylation is 1. The summed E-state index contributed by atoms with van der Waals surface area (Å²) in [5.41, 5.74) is 4.03. The first-order valence-corrected chi connectivity index (χ1v) is 10.6. The maximum Gasteiger partial charge on any atom is 0.255 e. The minimum atomic E-state index is -0.767. The largest absolute Gasteiger partial charge is 0.313 e. The number of rotatable bonds is 3. The number of carbonyl (C=O) groups is 2. The summed E-state index contributed by atoms with van der Waals surface area (Å²) in [7, 11) is 0. The summed E-state index contributed by atoms with van der Waals surface area (Å²) in [5.74, 6) is 0.0503. The monoisotopic (exact) mass is 399 g/mol. The molecule has 1 atom stereocenters. The fraction of sp³-hybridized carbons (Fsp3) is 0.320. The highest BCUT2D eigenvalue weighted by Gasteiger charge is 2.56. The number of benzene rings is 1. The molecule has 30 heavy (non-hydrogen) atoms. The van der Waals surface area contributed by atoms with E-state index in [1.807, 2.05) is 34.9 Å². The van der Waals surface area contributed by atoms with Crippen molar-refractivity contribution in [3.63, 3.8) is 0 Å². The summed E-state index contributed by atoms with van der Waals surface area (Å²) >= 11 is 0. The molecule has 5 rings (SSSR count). The third kappa shape index (κ3) is 2.88. The highest BCUT2D eigenvalue weighted by Crippen LogP contribution is 2.49. The molecule has 5 nitrogen and oxygen atoms in total. The Labute approximate surface area is 176 Å². The van der Waals surface area contributed by atoms with Gasteiger partial charge in [0.1, 0.15) is 5.66 Å². The first-order chi connectivity index (χ1) is 14.6. The Morgan fingerprint density at radius 2 is 1.87 bits per heavy atom. The lowest BCUT2D eigenvalue weighted by molar-refractivity contribution is -0.148. The van der Waals surface area contributed by atoms with Gasteiger partial charge in [-0.3, -0.25) is 14.6 Å². The van der Waals surface area contributed by atoms with Gasteiger partial charge in [-0.25, -0.2) is 0 Å². The molecule has 1 aromatic heterocycles. The topological polar surface area (TPSA) is 53.5 Å². The van der Waals surface area contributed by atoms with E-state index < -0.39 is 5.66 Å². The van der Waals surface area contributed by atoms with Gasteiger partial charge in [-0.15, -0.1) is 0 Å². The number of piperidine rings is 1. The minimum absolute atomic E-state index is 0.00779. The van der Waals surface area contributed by atoms with Crippen molar-refractivity contribution in [2.45, 2.75) is 38.3 Å². The average molecular weight is 399 g/mol. The van der Waals surface area contributed by atoms with Crippen molar-refractivity contribution in [3.8, 4) is 0 Å². The van der Waals surface area contributed by atoms with Gasteiger partial charge >= 0.3 is 0 Å². The summed E-state index contributed by atoms with van der Waals surface area (Å²) < 4.78 is 0. The number of pyridine rings is 1. The van der Waals surface area contributed by atoms with Crippen LogP contribution >= 0.6 is 0 Å². The van der Waals surface area contributed by atoms with Crippen LogP contribution in [0.1, 0.15) is 36.1 Å². The normalized spacial score (nSPS) is 22.9. The Kier molecular flexibility index (Phi) is 4.54. The summed E-state index contributed by atoms with van der Waals surface area (Å²) in [6.07, 6.45) is 8.67. The van der Waals surface area contributed by atoms with E-state index in [1.54, 1.807) is 6.20 Å². The van der Waals surface area contributed by atoms with Crippen molar-refractivity contribution in [2.75, 3.05) is 13.1 Å². The number of fused-ring (bicyclic) bond motifs is 2. The van der Waals surface area contributed by atoms with E-state index in [-0.39, 0.29) is 18.2 Å². The summed E-state index contributed by atoms with van der Waals surface area (Å²) in [4.78, 5) is 35.1. The molecule has 0 spiro atoms. The van der Waals surface area contributed by atoms with E-state index in [0.29, 0.717) is 19.5 Å². The zero-order valence-electron chi connectivity index (χ0n) is 17.2. The van der Waals surface area contributed by atoms with Crippen molar-refractivity contribution in [1.29, 1.82) is 0 Å². The van der Waals surface area contributed by atoms with E-state index >= 15 is 0 Å². The van der Waals surface area contributed by atoms with Gasteiger partial charge in [0.25, 0.3) is 5.91 Å². The number of hydrogen-bond donors (Lipinski definition) is 0. The third-order valence-electron chi connectivity index (χ3n) is 6.48. The van der Waals surface area contributed by atoms with Gasteiger partial charge in [0, 0.05) is 37.0 Å². The van der Waals surface area contributed by atoms with Crippen LogP contribution in [0.3, 0.4) is 0 Å². The Morgan fingerprint density at radius 1 is 1.07 bits per heavy atom. The van der Waals surface area contributed by atoms with E-state index in [2.05, 4.69) is 41.4 Å². The summed E-state index contributed by atoms with van der Waals surface area (Å²) in [6, 6.07) is 13.9. The second-order valence-corrected chi connectivity index (χ2v) is 8.28. The molecule has 3 heterocycles. The SMILES string of the molecule is Cc1ccc(C23CC4=CCCC=C4C(=O)N2CCN3C(=O)Cc2ccccn2)cc1. The van der Waals surface area contributed by atoms with Gasteiger partial charge in [-0.05, 0) is 43.0 Å². The Hall–Kier alpha value is -3.21. The molecular weight excluding hydrogens is 374 g/mol. The molecule has 2 aliphatic heterocycles. The molecule has 2 saturated heterocycles. The van der Waals surface area contributed by atoms with Crippen LogP contribution in [-0.4, -0.2) is 39.7 Å². The summed E-state index contributed by atoms with van der Waals surface area (Å²) in [6.45, 7) is 3.13. The smallest absolute Gasteiger partial charge is 0.255 e. The number of carbonyl (C=O) groups excluding carboxylic acids is 2. The molecule has 0 radical (unpaired) electrons. The Bertz CT molecular complexity index is 1060. The van der Waals surface area contributed by atoms with Crippen LogP contribution in [0.25, 0.3) is 0 Å². The molecule has 1 unspecified atom stereocenters. The van der Waals surface area contributed by atoms with Gasteiger partial charge in [0.05, 0.1) is 6.42 Å². The maximum atomic E-state index is 13.5. The fourth-order valence-corrected chi connectivity index (χ4v) is 5.02. The van der Waals surface area contributed by atoms with Crippen molar-refractivity contribution < 1.29 is 9.59 Å².